The van der Waals surface area contributed by atoms with Crippen LogP contribution in [0.2, 0.25) is 0 Å². The Kier molecular flexibility index (Phi) is 5.66. The number of nitrogens with two attached hydrogens (primary N) is 1. The number of aromatic carboxylic acids is 1. The van der Waals surface area contributed by atoms with Gasteiger partial charge in [0, 0.05) is 16.6 Å². The molecule has 20 heavy (non-hydrogen) atoms. The van der Waals surface area contributed by atoms with Gasteiger partial charge in [-0.15, -0.1) is 0 Å². The molecule has 0 aliphatic heterocycles. The van der Waals surface area contributed by atoms with Gasteiger partial charge in [-0.05, 0) is 24.6 Å². The average Bonchev–Trinajstić information content (AvgIpc) is 2.34. The van der Waals surface area contributed by atoms with E-state index >= 15 is 0 Å². The van der Waals surface area contributed by atoms with Crippen molar-refractivity contribution in [2.75, 3.05) is 5.32 Å². The number of nitrogens with one attached hydrogen (secondary N) is 1. The molecule has 7 nitrogen and oxygen atoms in total. The fourth-order valence-electron chi connectivity index (χ4n) is 1.42. The second kappa shape index (κ2) is 7.01. The number of aliphatic carboxylic acids is 1. The van der Waals surface area contributed by atoms with Crippen molar-refractivity contribution in [2.45, 2.75) is 18.9 Å². The molecule has 0 saturated carbocycles. The first-order chi connectivity index (χ1) is 9.29. The van der Waals surface area contributed by atoms with Crippen LogP contribution in [0.15, 0.2) is 22.7 Å². The van der Waals surface area contributed by atoms with Gasteiger partial charge in [-0.25, -0.2) is 4.79 Å². The van der Waals surface area contributed by atoms with Gasteiger partial charge in [0.05, 0.1) is 5.56 Å². The molecule has 1 amide bonds. The van der Waals surface area contributed by atoms with Crippen LogP contribution in [0.25, 0.3) is 0 Å². The SMILES string of the molecule is N[C@@H](CCC(=O)Nc1cc(Br)cc(C(=O)O)c1)C(=O)O. The van der Waals surface area contributed by atoms with Crippen LogP contribution in [0, 0.1) is 0 Å². The topological polar surface area (TPSA) is 130 Å². The maximum Gasteiger partial charge on any atom is 0.335 e. The number of carbonyl (C=O) groups is 3. The Morgan fingerprint density at radius 3 is 2.45 bits per heavy atom. The quantitative estimate of drug-likeness (QED) is 0.614. The first-order valence-corrected chi connectivity index (χ1v) is 6.41. The highest BCUT2D eigenvalue weighted by atomic mass is 79.9. The molecule has 5 N–H and O–H groups in total. The summed E-state index contributed by atoms with van der Waals surface area (Å²) in [6.45, 7) is 0. The second-order valence-electron chi connectivity index (χ2n) is 4.07. The third-order valence-electron chi connectivity index (χ3n) is 2.43. The lowest BCUT2D eigenvalue weighted by atomic mass is 10.1. The molecule has 0 spiro atoms. The van der Waals surface area contributed by atoms with Gasteiger partial charge in [0.1, 0.15) is 6.04 Å². The van der Waals surface area contributed by atoms with Gasteiger partial charge in [-0.1, -0.05) is 15.9 Å². The van der Waals surface area contributed by atoms with Gasteiger partial charge in [-0.3, -0.25) is 9.59 Å². The third kappa shape index (κ3) is 4.98. The number of hydrogen-bond acceptors (Lipinski definition) is 4. The van der Waals surface area contributed by atoms with Gasteiger partial charge in [0.25, 0.3) is 0 Å². The number of rotatable bonds is 6. The number of hydrogen-bond donors (Lipinski definition) is 4. The predicted octanol–water partition coefficient (Wildman–Crippen LogP) is 1.28. The van der Waals surface area contributed by atoms with E-state index in [2.05, 4.69) is 21.2 Å². The van der Waals surface area contributed by atoms with Gasteiger partial charge in [0.2, 0.25) is 5.91 Å². The van der Waals surface area contributed by atoms with Crippen LogP contribution in [0.5, 0.6) is 0 Å². The van der Waals surface area contributed by atoms with Crippen molar-refractivity contribution < 1.29 is 24.6 Å². The standard InChI is InChI=1S/C12H13BrN2O5/c13-7-3-6(11(17)18)4-8(5-7)15-10(16)2-1-9(14)12(19)20/h3-5,9H,1-2,14H2,(H,15,16)(H,17,18)(H,19,20)/t9-/m0/s1. The van der Waals surface area contributed by atoms with E-state index < -0.39 is 23.9 Å². The minimum atomic E-state index is -1.17. The highest BCUT2D eigenvalue weighted by Crippen LogP contribution is 2.20. The van der Waals surface area contributed by atoms with E-state index in [-0.39, 0.29) is 18.4 Å². The zero-order valence-corrected chi connectivity index (χ0v) is 11.9. The molecule has 108 valence electrons. The lowest BCUT2D eigenvalue weighted by Gasteiger charge is -2.08. The minimum absolute atomic E-state index is 0.000950. The van der Waals surface area contributed by atoms with Crippen LogP contribution in [0.3, 0.4) is 0 Å². The van der Waals surface area contributed by atoms with E-state index in [0.29, 0.717) is 10.2 Å². The lowest BCUT2D eigenvalue weighted by Crippen LogP contribution is -2.31. The Morgan fingerprint density at radius 2 is 1.90 bits per heavy atom. The van der Waals surface area contributed by atoms with Gasteiger partial charge >= 0.3 is 11.9 Å². The van der Waals surface area contributed by atoms with E-state index in [4.69, 9.17) is 15.9 Å². The fourth-order valence-corrected chi connectivity index (χ4v) is 1.91. The maximum atomic E-state index is 11.6. The number of benzene rings is 1. The minimum Gasteiger partial charge on any atom is -0.480 e. The molecule has 0 heterocycles. The predicted molar refractivity (Wildman–Crippen MR) is 74.6 cm³/mol. The molecule has 0 aromatic heterocycles. The average molecular weight is 345 g/mol. The van der Waals surface area contributed by atoms with E-state index in [1.165, 1.54) is 12.1 Å². The zero-order chi connectivity index (χ0) is 15.3. The summed E-state index contributed by atoms with van der Waals surface area (Å²) in [5.41, 5.74) is 5.62. The van der Waals surface area contributed by atoms with Crippen molar-refractivity contribution in [3.8, 4) is 0 Å². The van der Waals surface area contributed by atoms with Crippen molar-refractivity contribution in [1.82, 2.24) is 0 Å². The van der Waals surface area contributed by atoms with Crippen molar-refractivity contribution in [2.24, 2.45) is 5.73 Å². The van der Waals surface area contributed by atoms with E-state index in [1.54, 1.807) is 6.07 Å². The summed E-state index contributed by atoms with van der Waals surface area (Å²) in [5, 5.41) is 20.0. The first-order valence-electron chi connectivity index (χ1n) is 5.61. The summed E-state index contributed by atoms with van der Waals surface area (Å²) < 4.78 is 0.509. The number of anilines is 1. The number of carboxylic acids is 2. The Hall–Kier alpha value is -1.93. The number of carboxylic acid groups (broad SMARTS) is 2. The maximum absolute atomic E-state index is 11.6. The van der Waals surface area contributed by atoms with Crippen LogP contribution < -0.4 is 11.1 Å². The highest BCUT2D eigenvalue weighted by Gasteiger charge is 2.14. The summed E-state index contributed by atoms with van der Waals surface area (Å²) in [6, 6.07) is 3.15. The molecule has 1 aromatic rings. The van der Waals surface area contributed by atoms with E-state index in [9.17, 15) is 14.4 Å². The van der Waals surface area contributed by atoms with Gasteiger partial charge in [0.15, 0.2) is 0 Å². The highest BCUT2D eigenvalue weighted by molar-refractivity contribution is 9.10. The molecule has 0 radical (unpaired) electrons. The third-order valence-corrected chi connectivity index (χ3v) is 2.89. The largest absolute Gasteiger partial charge is 0.480 e. The molecule has 1 atom stereocenters. The molecule has 8 heteroatoms. The summed E-state index contributed by atoms with van der Waals surface area (Å²) >= 11 is 3.14. The van der Waals surface area contributed by atoms with E-state index in [1.807, 2.05) is 0 Å². The molecule has 0 fully saturated rings. The van der Waals surface area contributed by atoms with Crippen LogP contribution >= 0.6 is 15.9 Å². The number of carbonyl (C=O) groups excluding carboxylic acids is 1. The number of amides is 1. The lowest BCUT2D eigenvalue weighted by molar-refractivity contribution is -0.138. The summed E-state index contributed by atoms with van der Waals surface area (Å²) in [4.78, 5) is 33.0. The van der Waals surface area contributed by atoms with Crippen LogP contribution in [-0.2, 0) is 9.59 Å². The second-order valence-corrected chi connectivity index (χ2v) is 4.98. The first kappa shape index (κ1) is 16.1. The summed E-state index contributed by atoms with van der Waals surface area (Å²) in [6.07, 6.45) is -0.0661. The Balaban J connectivity index is 2.66. The Bertz CT molecular complexity index is 547. The van der Waals surface area contributed by atoms with Crippen molar-refractivity contribution in [3.63, 3.8) is 0 Å². The summed E-state index contributed by atoms with van der Waals surface area (Å²) in [5.74, 6) is -2.72. The zero-order valence-electron chi connectivity index (χ0n) is 10.3. The number of halogens is 1. The van der Waals surface area contributed by atoms with Gasteiger partial charge < -0.3 is 21.3 Å². The molecular formula is C12H13BrN2O5. The van der Waals surface area contributed by atoms with Crippen LogP contribution in [0.4, 0.5) is 5.69 Å². The smallest absolute Gasteiger partial charge is 0.335 e. The van der Waals surface area contributed by atoms with Crippen molar-refractivity contribution in [3.05, 3.63) is 28.2 Å². The van der Waals surface area contributed by atoms with Crippen LogP contribution in [-0.4, -0.2) is 34.1 Å². The molecule has 0 unspecified atom stereocenters. The molecule has 1 rings (SSSR count). The molecule has 0 aliphatic carbocycles. The molecule has 1 aromatic carbocycles. The molecule has 0 aliphatic rings. The van der Waals surface area contributed by atoms with Crippen molar-refractivity contribution >= 4 is 39.5 Å². The summed E-state index contributed by atoms with van der Waals surface area (Å²) in [7, 11) is 0. The van der Waals surface area contributed by atoms with Crippen LogP contribution in [0.1, 0.15) is 23.2 Å². The molecular weight excluding hydrogens is 332 g/mol. The Morgan fingerprint density at radius 1 is 1.25 bits per heavy atom. The van der Waals surface area contributed by atoms with Gasteiger partial charge in [-0.2, -0.15) is 0 Å². The van der Waals surface area contributed by atoms with E-state index in [0.717, 1.165) is 0 Å². The fraction of sp³-hybridized carbons (Fsp3) is 0.250. The Labute approximate surface area is 122 Å². The normalized spacial score (nSPS) is 11.7. The molecule has 0 bridgehead atoms. The van der Waals surface area contributed by atoms with Crippen molar-refractivity contribution in [1.29, 1.82) is 0 Å². The monoisotopic (exact) mass is 344 g/mol. The molecule has 0 saturated heterocycles.